The molecule has 0 N–H and O–H groups in total. The van der Waals surface area contributed by atoms with Crippen LogP contribution in [0.5, 0.6) is 5.75 Å². The van der Waals surface area contributed by atoms with Gasteiger partial charge in [0, 0.05) is 38.3 Å². The molecule has 2 unspecified atom stereocenters. The highest BCUT2D eigenvalue weighted by Crippen LogP contribution is 2.33. The van der Waals surface area contributed by atoms with Crippen molar-refractivity contribution in [3.05, 3.63) is 29.8 Å². The van der Waals surface area contributed by atoms with Crippen LogP contribution in [0.1, 0.15) is 18.4 Å². The molecular formula is C18H29N3O. The van der Waals surface area contributed by atoms with Crippen molar-refractivity contribution in [2.24, 2.45) is 0 Å². The summed E-state index contributed by atoms with van der Waals surface area (Å²) in [5.41, 5.74) is 1.40. The standard InChI is InChI=1S/C18H29N3O/c1-19(2)9-4-10-22-18-7-5-15(6-8-18)12-21-16-11-17(21)14-20(3)13-16/h5-8,16-17H,4,9-14H2,1-3H3. The molecule has 122 valence electrons. The van der Waals surface area contributed by atoms with E-state index in [-0.39, 0.29) is 0 Å². The molecule has 2 atom stereocenters. The molecule has 3 rings (SSSR count). The summed E-state index contributed by atoms with van der Waals surface area (Å²) >= 11 is 0. The highest BCUT2D eigenvalue weighted by atomic mass is 16.5. The normalized spacial score (nSPS) is 25.3. The molecule has 2 aliphatic rings. The van der Waals surface area contributed by atoms with Gasteiger partial charge < -0.3 is 14.5 Å². The summed E-state index contributed by atoms with van der Waals surface area (Å²) in [5.74, 6) is 0.992. The van der Waals surface area contributed by atoms with Crippen molar-refractivity contribution in [1.82, 2.24) is 14.7 Å². The number of ether oxygens (including phenoxy) is 1. The molecule has 2 heterocycles. The summed E-state index contributed by atoms with van der Waals surface area (Å²) in [4.78, 5) is 7.31. The number of fused-ring (bicyclic) bond motifs is 2. The van der Waals surface area contributed by atoms with Crippen LogP contribution in [0.4, 0.5) is 0 Å². The second-order valence-corrected chi connectivity index (χ2v) is 7.09. The van der Waals surface area contributed by atoms with Gasteiger partial charge in [-0.1, -0.05) is 12.1 Å². The molecular weight excluding hydrogens is 274 g/mol. The van der Waals surface area contributed by atoms with Crippen molar-refractivity contribution < 1.29 is 4.74 Å². The van der Waals surface area contributed by atoms with Gasteiger partial charge in [-0.3, -0.25) is 4.90 Å². The number of likely N-dealkylation sites (N-methyl/N-ethyl adjacent to an activating group) is 1. The Morgan fingerprint density at radius 3 is 2.45 bits per heavy atom. The van der Waals surface area contributed by atoms with Gasteiger partial charge in [0.05, 0.1) is 6.61 Å². The first kappa shape index (κ1) is 15.8. The third-order valence-corrected chi connectivity index (χ3v) is 4.83. The van der Waals surface area contributed by atoms with Gasteiger partial charge in [0.15, 0.2) is 0 Å². The van der Waals surface area contributed by atoms with Crippen molar-refractivity contribution in [2.45, 2.75) is 31.5 Å². The number of hydrogen-bond donors (Lipinski definition) is 0. The van der Waals surface area contributed by atoms with E-state index in [0.29, 0.717) is 0 Å². The summed E-state index contributed by atoms with van der Waals surface area (Å²) in [6.07, 6.45) is 2.46. The second kappa shape index (κ2) is 6.99. The van der Waals surface area contributed by atoms with E-state index in [1.54, 1.807) is 0 Å². The van der Waals surface area contributed by atoms with Crippen LogP contribution in [0, 0.1) is 0 Å². The Balaban J connectivity index is 1.44. The molecule has 0 saturated carbocycles. The Hall–Kier alpha value is -1.10. The Bertz CT molecular complexity index is 462. The fourth-order valence-corrected chi connectivity index (χ4v) is 3.63. The quantitative estimate of drug-likeness (QED) is 0.716. The minimum absolute atomic E-state index is 0.769. The molecule has 1 aromatic carbocycles. The molecule has 4 heteroatoms. The van der Waals surface area contributed by atoms with Crippen LogP contribution >= 0.6 is 0 Å². The Labute approximate surface area is 134 Å². The van der Waals surface area contributed by atoms with E-state index < -0.39 is 0 Å². The predicted octanol–water partition coefficient (Wildman–Crippen LogP) is 1.91. The molecule has 2 bridgehead atoms. The van der Waals surface area contributed by atoms with Gasteiger partial charge >= 0.3 is 0 Å². The highest BCUT2D eigenvalue weighted by molar-refractivity contribution is 5.27. The third kappa shape index (κ3) is 3.80. The fourth-order valence-electron chi connectivity index (χ4n) is 3.63. The smallest absolute Gasteiger partial charge is 0.119 e. The number of piperazine rings is 1. The molecule has 2 aliphatic heterocycles. The largest absolute Gasteiger partial charge is 0.494 e. The molecule has 0 aliphatic carbocycles. The maximum atomic E-state index is 5.80. The van der Waals surface area contributed by atoms with Crippen LogP contribution in [-0.2, 0) is 6.54 Å². The van der Waals surface area contributed by atoms with Crippen LogP contribution in [0.3, 0.4) is 0 Å². The lowest BCUT2D eigenvalue weighted by atomic mass is 9.87. The third-order valence-electron chi connectivity index (χ3n) is 4.83. The Morgan fingerprint density at radius 2 is 1.82 bits per heavy atom. The van der Waals surface area contributed by atoms with E-state index >= 15 is 0 Å². The fraction of sp³-hybridized carbons (Fsp3) is 0.667. The summed E-state index contributed by atoms with van der Waals surface area (Å²) < 4.78 is 5.80. The maximum absolute atomic E-state index is 5.80. The molecule has 1 aromatic rings. The molecule has 0 spiro atoms. The SMILES string of the molecule is CN(C)CCCOc1ccc(CN2C3CC2CN(C)C3)cc1. The lowest BCUT2D eigenvalue weighted by molar-refractivity contribution is -0.0668. The van der Waals surface area contributed by atoms with Gasteiger partial charge in [0.25, 0.3) is 0 Å². The molecule has 0 aromatic heterocycles. The van der Waals surface area contributed by atoms with Crippen LogP contribution in [0.2, 0.25) is 0 Å². The second-order valence-electron chi connectivity index (χ2n) is 7.09. The van der Waals surface area contributed by atoms with Crippen LogP contribution in [0.25, 0.3) is 0 Å². The van der Waals surface area contributed by atoms with E-state index in [9.17, 15) is 0 Å². The minimum Gasteiger partial charge on any atom is -0.494 e. The Morgan fingerprint density at radius 1 is 1.14 bits per heavy atom. The number of likely N-dealkylation sites (tertiary alicyclic amines) is 2. The molecule has 2 fully saturated rings. The monoisotopic (exact) mass is 303 g/mol. The zero-order chi connectivity index (χ0) is 15.5. The van der Waals surface area contributed by atoms with Crippen LogP contribution in [-0.4, -0.2) is 74.2 Å². The van der Waals surface area contributed by atoms with Crippen molar-refractivity contribution in [1.29, 1.82) is 0 Å². The van der Waals surface area contributed by atoms with Gasteiger partial charge in [0.1, 0.15) is 5.75 Å². The van der Waals surface area contributed by atoms with Crippen molar-refractivity contribution >= 4 is 0 Å². The number of benzene rings is 1. The summed E-state index contributed by atoms with van der Waals surface area (Å²) in [5, 5.41) is 0. The van der Waals surface area contributed by atoms with E-state index in [1.807, 2.05) is 0 Å². The number of nitrogens with zero attached hydrogens (tertiary/aromatic N) is 3. The number of hydrogen-bond acceptors (Lipinski definition) is 4. The molecule has 0 amide bonds. The topological polar surface area (TPSA) is 19.0 Å². The van der Waals surface area contributed by atoms with E-state index in [0.717, 1.165) is 44.0 Å². The van der Waals surface area contributed by atoms with E-state index in [2.05, 4.69) is 60.1 Å². The molecule has 2 saturated heterocycles. The van der Waals surface area contributed by atoms with Crippen LogP contribution < -0.4 is 4.74 Å². The van der Waals surface area contributed by atoms with Crippen LogP contribution in [0.15, 0.2) is 24.3 Å². The molecule has 4 nitrogen and oxygen atoms in total. The predicted molar refractivity (Wildman–Crippen MR) is 90.3 cm³/mol. The van der Waals surface area contributed by atoms with Crippen molar-refractivity contribution in [3.8, 4) is 5.75 Å². The van der Waals surface area contributed by atoms with Crippen molar-refractivity contribution in [3.63, 3.8) is 0 Å². The first-order chi connectivity index (χ1) is 10.6. The van der Waals surface area contributed by atoms with Gasteiger partial charge in [-0.05, 0) is 51.7 Å². The lowest BCUT2D eigenvalue weighted by Gasteiger charge is -2.56. The summed E-state index contributed by atoms with van der Waals surface area (Å²) in [6, 6.07) is 10.2. The molecule has 22 heavy (non-hydrogen) atoms. The first-order valence-electron chi connectivity index (χ1n) is 8.42. The minimum atomic E-state index is 0.769. The zero-order valence-corrected chi connectivity index (χ0v) is 14.2. The Kier molecular flexibility index (Phi) is 5.01. The van der Waals surface area contributed by atoms with Gasteiger partial charge in [-0.25, -0.2) is 0 Å². The highest BCUT2D eigenvalue weighted by Gasteiger charge is 2.42. The van der Waals surface area contributed by atoms with Gasteiger partial charge in [-0.2, -0.15) is 0 Å². The maximum Gasteiger partial charge on any atom is 0.119 e. The van der Waals surface area contributed by atoms with E-state index in [4.69, 9.17) is 4.74 Å². The number of rotatable bonds is 7. The zero-order valence-electron chi connectivity index (χ0n) is 14.2. The lowest BCUT2D eigenvalue weighted by Crippen LogP contribution is -2.67. The summed E-state index contributed by atoms with van der Waals surface area (Å²) in [7, 11) is 6.42. The first-order valence-corrected chi connectivity index (χ1v) is 8.42. The van der Waals surface area contributed by atoms with Gasteiger partial charge in [0.2, 0.25) is 0 Å². The molecule has 0 radical (unpaired) electrons. The average molecular weight is 303 g/mol. The van der Waals surface area contributed by atoms with E-state index in [1.165, 1.54) is 25.1 Å². The van der Waals surface area contributed by atoms with Gasteiger partial charge in [-0.15, -0.1) is 0 Å². The summed E-state index contributed by atoms with van der Waals surface area (Å²) in [6.45, 7) is 5.40. The van der Waals surface area contributed by atoms with Crippen molar-refractivity contribution in [2.75, 3.05) is 47.4 Å². The number of piperidine rings is 1. The average Bonchev–Trinajstić information content (AvgIpc) is 2.50.